The van der Waals surface area contributed by atoms with Gasteiger partial charge in [0, 0.05) is 0 Å². The lowest BCUT2D eigenvalue weighted by atomic mass is 10.2. The Balaban J connectivity index is 2.16. The number of ether oxygens (including phenoxy) is 1. The molecule has 0 radical (unpaired) electrons. The lowest BCUT2D eigenvalue weighted by Gasteiger charge is -2.12. The maximum absolute atomic E-state index is 12.6. The Hall–Kier alpha value is -1.37. The van der Waals surface area contributed by atoms with E-state index in [1.165, 1.54) is 6.07 Å². The van der Waals surface area contributed by atoms with Crippen molar-refractivity contribution in [3.63, 3.8) is 0 Å². The molecule has 0 amide bonds. The summed E-state index contributed by atoms with van der Waals surface area (Å²) in [6.07, 6.45) is -1.39. The topological polar surface area (TPSA) is 48.1 Å². The minimum Gasteiger partial charge on any atom is -0.477 e. The number of aromatic nitrogens is 1. The monoisotopic (exact) mass is 290 g/mol. The minimum atomic E-state index is -4.51. The third-order valence-corrected chi connectivity index (χ3v) is 3.10. The van der Waals surface area contributed by atoms with E-state index in [1.807, 2.05) is 0 Å². The second-order valence-corrected chi connectivity index (χ2v) is 4.93. The zero-order valence-corrected chi connectivity index (χ0v) is 10.9. The van der Waals surface area contributed by atoms with Crippen LogP contribution in [0.25, 0.3) is 0 Å². The number of nitrogens with two attached hydrogens (primary N) is 1. The van der Waals surface area contributed by atoms with Crippen LogP contribution < -0.4 is 10.5 Å². The summed E-state index contributed by atoms with van der Waals surface area (Å²) in [6, 6.07) is 2.05. The van der Waals surface area contributed by atoms with Gasteiger partial charge in [-0.1, -0.05) is 25.1 Å². The first kappa shape index (κ1) is 14.0. The van der Waals surface area contributed by atoms with Crippen molar-refractivity contribution in [2.75, 3.05) is 6.61 Å². The molecule has 2 rings (SSSR count). The molecule has 0 unspecified atom stereocenters. The van der Waals surface area contributed by atoms with E-state index in [9.17, 15) is 13.2 Å². The minimum absolute atomic E-state index is 0.0253. The lowest BCUT2D eigenvalue weighted by molar-refractivity contribution is -0.141. The van der Waals surface area contributed by atoms with E-state index in [2.05, 4.69) is 4.98 Å². The normalized spacial score (nSPS) is 15.3. The summed E-state index contributed by atoms with van der Waals surface area (Å²) in [6.45, 7) is 0.328. The van der Waals surface area contributed by atoms with Crippen LogP contribution in [0.3, 0.4) is 0 Å². The van der Waals surface area contributed by atoms with Gasteiger partial charge < -0.3 is 10.5 Å². The summed E-state index contributed by atoms with van der Waals surface area (Å²) >= 11 is 4.78. The van der Waals surface area contributed by atoms with E-state index in [0.717, 1.165) is 25.3 Å². The number of thiocarbonyl (C=S) groups is 1. The molecule has 3 nitrogen and oxygen atoms in total. The summed E-state index contributed by atoms with van der Waals surface area (Å²) in [5, 5.41) is 0. The molecule has 0 saturated heterocycles. The fraction of sp³-hybridized carbons (Fsp3) is 0.500. The Labute approximate surface area is 114 Å². The van der Waals surface area contributed by atoms with Crippen LogP contribution in [0.15, 0.2) is 12.1 Å². The molecule has 0 aromatic carbocycles. The highest BCUT2D eigenvalue weighted by molar-refractivity contribution is 7.80. The number of rotatable bonds is 5. The molecule has 0 aliphatic heterocycles. The van der Waals surface area contributed by atoms with E-state index >= 15 is 0 Å². The summed E-state index contributed by atoms with van der Waals surface area (Å²) in [5.41, 5.74) is 4.68. The Morgan fingerprint density at radius 3 is 2.63 bits per heavy atom. The zero-order valence-electron chi connectivity index (χ0n) is 10.0. The quantitative estimate of drug-likeness (QED) is 0.847. The predicted molar refractivity (Wildman–Crippen MR) is 68.0 cm³/mol. The van der Waals surface area contributed by atoms with Crippen molar-refractivity contribution in [1.29, 1.82) is 0 Å². The van der Waals surface area contributed by atoms with Crippen molar-refractivity contribution in [2.24, 2.45) is 11.7 Å². The molecule has 0 spiro atoms. The third-order valence-electron chi connectivity index (χ3n) is 2.88. The number of alkyl halides is 3. The third kappa shape index (κ3) is 3.79. The highest BCUT2D eigenvalue weighted by Gasteiger charge is 2.33. The van der Waals surface area contributed by atoms with Crippen LogP contribution in [0.5, 0.6) is 5.88 Å². The maximum atomic E-state index is 12.6. The molecule has 7 heteroatoms. The molecule has 1 aromatic heterocycles. The molecule has 1 aliphatic carbocycles. The Morgan fingerprint density at radius 2 is 2.11 bits per heavy atom. The van der Waals surface area contributed by atoms with Crippen LogP contribution >= 0.6 is 12.2 Å². The van der Waals surface area contributed by atoms with Gasteiger partial charge in [0.05, 0.1) is 12.2 Å². The van der Waals surface area contributed by atoms with E-state index in [1.54, 1.807) is 0 Å². The highest BCUT2D eigenvalue weighted by atomic mass is 32.1. The number of pyridine rings is 1. The van der Waals surface area contributed by atoms with Crippen molar-refractivity contribution >= 4 is 17.2 Å². The van der Waals surface area contributed by atoms with Gasteiger partial charge in [-0.05, 0) is 24.5 Å². The fourth-order valence-electron chi connectivity index (χ4n) is 1.62. The summed E-state index contributed by atoms with van der Waals surface area (Å²) in [5.74, 6) is 0.488. The van der Waals surface area contributed by atoms with Crippen LogP contribution in [0, 0.1) is 5.92 Å². The van der Waals surface area contributed by atoms with Crippen molar-refractivity contribution in [3.8, 4) is 5.88 Å². The standard InChI is InChI=1S/C12H13F3N2OS/c13-12(14,15)9-4-3-8(10(16)19)11(17-9)18-6-5-7-1-2-7/h3-4,7H,1-2,5-6H2,(H2,16,19). The van der Waals surface area contributed by atoms with Crippen molar-refractivity contribution < 1.29 is 17.9 Å². The molecule has 1 heterocycles. The molecular formula is C12H13F3N2OS. The SMILES string of the molecule is NC(=S)c1ccc(C(F)(F)F)nc1OCCC1CC1. The molecule has 19 heavy (non-hydrogen) atoms. The Kier molecular flexibility index (Phi) is 3.93. The fourth-order valence-corrected chi connectivity index (χ4v) is 1.78. The summed E-state index contributed by atoms with van der Waals surface area (Å²) in [4.78, 5) is 3.44. The largest absolute Gasteiger partial charge is 0.477 e. The number of nitrogens with zero attached hydrogens (tertiary/aromatic N) is 1. The van der Waals surface area contributed by atoms with Crippen LogP contribution in [0.2, 0.25) is 0 Å². The molecule has 0 bridgehead atoms. The Bertz CT molecular complexity index is 486. The van der Waals surface area contributed by atoms with E-state index in [-0.39, 0.29) is 16.4 Å². The molecule has 1 aliphatic rings. The molecular weight excluding hydrogens is 277 g/mol. The second kappa shape index (κ2) is 5.32. The highest BCUT2D eigenvalue weighted by Crippen LogP contribution is 2.33. The summed E-state index contributed by atoms with van der Waals surface area (Å²) < 4.78 is 43.0. The first-order valence-corrected chi connectivity index (χ1v) is 6.29. The molecule has 1 aromatic rings. The van der Waals surface area contributed by atoms with E-state index in [0.29, 0.717) is 12.5 Å². The van der Waals surface area contributed by atoms with Gasteiger partial charge in [0.2, 0.25) is 5.88 Å². The lowest BCUT2D eigenvalue weighted by Crippen LogP contribution is -2.16. The van der Waals surface area contributed by atoms with Gasteiger partial charge in [0.1, 0.15) is 10.7 Å². The average Bonchev–Trinajstić information content (AvgIpc) is 3.11. The van der Waals surface area contributed by atoms with Crippen LogP contribution in [0.4, 0.5) is 13.2 Å². The first-order valence-electron chi connectivity index (χ1n) is 5.89. The van der Waals surface area contributed by atoms with Crippen LogP contribution in [0.1, 0.15) is 30.5 Å². The van der Waals surface area contributed by atoms with Crippen molar-refractivity contribution in [2.45, 2.75) is 25.4 Å². The van der Waals surface area contributed by atoms with Crippen molar-refractivity contribution in [3.05, 3.63) is 23.4 Å². The number of hydrogen-bond donors (Lipinski definition) is 1. The molecule has 1 saturated carbocycles. The van der Waals surface area contributed by atoms with Gasteiger partial charge in [-0.25, -0.2) is 4.98 Å². The van der Waals surface area contributed by atoms with Crippen molar-refractivity contribution in [1.82, 2.24) is 4.98 Å². The second-order valence-electron chi connectivity index (χ2n) is 4.49. The number of hydrogen-bond acceptors (Lipinski definition) is 3. The molecule has 0 atom stereocenters. The van der Waals surface area contributed by atoms with Crippen LogP contribution in [-0.4, -0.2) is 16.6 Å². The average molecular weight is 290 g/mol. The Morgan fingerprint density at radius 1 is 1.42 bits per heavy atom. The van der Waals surface area contributed by atoms with Gasteiger partial charge in [0.15, 0.2) is 0 Å². The van der Waals surface area contributed by atoms with E-state index < -0.39 is 11.9 Å². The molecule has 1 fully saturated rings. The van der Waals surface area contributed by atoms with Gasteiger partial charge in [-0.15, -0.1) is 0 Å². The van der Waals surface area contributed by atoms with Crippen LogP contribution in [-0.2, 0) is 6.18 Å². The summed E-state index contributed by atoms with van der Waals surface area (Å²) in [7, 11) is 0. The molecule has 2 N–H and O–H groups in total. The molecule has 104 valence electrons. The van der Waals surface area contributed by atoms with Gasteiger partial charge in [-0.2, -0.15) is 13.2 Å². The van der Waals surface area contributed by atoms with Gasteiger partial charge >= 0.3 is 6.18 Å². The maximum Gasteiger partial charge on any atom is 0.433 e. The van der Waals surface area contributed by atoms with E-state index in [4.69, 9.17) is 22.7 Å². The first-order chi connectivity index (χ1) is 8.88. The van der Waals surface area contributed by atoms with Gasteiger partial charge in [0.25, 0.3) is 0 Å². The smallest absolute Gasteiger partial charge is 0.433 e. The number of halogens is 3. The predicted octanol–water partition coefficient (Wildman–Crippen LogP) is 2.91. The zero-order chi connectivity index (χ0) is 14.0. The van der Waals surface area contributed by atoms with Gasteiger partial charge in [-0.3, -0.25) is 0 Å².